The second kappa shape index (κ2) is 4.24. The van der Waals surface area contributed by atoms with Crippen LogP contribution in [-0.4, -0.2) is 6.04 Å². The van der Waals surface area contributed by atoms with Crippen LogP contribution in [0.3, 0.4) is 0 Å². The van der Waals surface area contributed by atoms with Crippen LogP contribution in [0, 0.1) is 0 Å². The van der Waals surface area contributed by atoms with Gasteiger partial charge in [0.25, 0.3) is 0 Å². The van der Waals surface area contributed by atoms with E-state index in [-0.39, 0.29) is 0 Å². The molecule has 2 heterocycles. The lowest BCUT2D eigenvalue weighted by Gasteiger charge is -1.98. The number of hydrogen-bond acceptors (Lipinski definition) is 3. The van der Waals surface area contributed by atoms with Crippen molar-refractivity contribution in [3.63, 3.8) is 0 Å². The van der Waals surface area contributed by atoms with E-state index in [2.05, 4.69) is 5.32 Å². The highest BCUT2D eigenvalue weighted by atomic mass is 35.5. The average molecular weight is 254 g/mol. The van der Waals surface area contributed by atoms with Gasteiger partial charge in [-0.1, -0.05) is 11.6 Å². The molecular weight excluding hydrogens is 242 g/mol. The van der Waals surface area contributed by atoms with Crippen molar-refractivity contribution < 1.29 is 4.42 Å². The van der Waals surface area contributed by atoms with Gasteiger partial charge in [-0.15, -0.1) is 11.3 Å². The Morgan fingerprint density at radius 1 is 1.31 bits per heavy atom. The van der Waals surface area contributed by atoms with Gasteiger partial charge in [-0.3, -0.25) is 0 Å². The SMILES string of the molecule is Clc1ccc(-c2ccc(CNC3CC3)o2)s1. The third-order valence-corrected chi connectivity index (χ3v) is 3.87. The third-order valence-electron chi connectivity index (χ3n) is 2.62. The van der Waals surface area contributed by atoms with Gasteiger partial charge in [0.1, 0.15) is 11.5 Å². The molecule has 0 atom stereocenters. The first kappa shape index (κ1) is 10.4. The molecule has 0 amide bonds. The van der Waals surface area contributed by atoms with Crippen molar-refractivity contribution >= 4 is 22.9 Å². The van der Waals surface area contributed by atoms with Crippen LogP contribution >= 0.6 is 22.9 Å². The van der Waals surface area contributed by atoms with Gasteiger partial charge in [0.05, 0.1) is 15.8 Å². The topological polar surface area (TPSA) is 25.2 Å². The molecule has 0 bridgehead atoms. The van der Waals surface area contributed by atoms with Crippen LogP contribution in [0.1, 0.15) is 18.6 Å². The highest BCUT2D eigenvalue weighted by Gasteiger charge is 2.20. The summed E-state index contributed by atoms with van der Waals surface area (Å²) >= 11 is 7.43. The van der Waals surface area contributed by atoms with Crippen molar-refractivity contribution in [3.8, 4) is 10.6 Å². The van der Waals surface area contributed by atoms with E-state index in [4.69, 9.17) is 16.0 Å². The van der Waals surface area contributed by atoms with Crippen molar-refractivity contribution in [1.29, 1.82) is 0 Å². The number of halogens is 1. The molecule has 1 fully saturated rings. The molecule has 0 spiro atoms. The van der Waals surface area contributed by atoms with Crippen molar-refractivity contribution in [1.82, 2.24) is 5.32 Å². The Kier molecular flexibility index (Phi) is 2.75. The first-order chi connectivity index (χ1) is 7.81. The molecule has 0 unspecified atom stereocenters. The Hall–Kier alpha value is -0.770. The molecule has 1 saturated carbocycles. The van der Waals surface area contributed by atoms with E-state index >= 15 is 0 Å². The first-order valence-electron chi connectivity index (χ1n) is 5.39. The zero-order valence-electron chi connectivity index (χ0n) is 8.70. The molecule has 4 heteroatoms. The zero-order valence-corrected chi connectivity index (χ0v) is 10.3. The summed E-state index contributed by atoms with van der Waals surface area (Å²) < 4.78 is 6.55. The first-order valence-corrected chi connectivity index (χ1v) is 6.58. The molecule has 2 aromatic heterocycles. The maximum Gasteiger partial charge on any atom is 0.144 e. The molecule has 2 nitrogen and oxygen atoms in total. The fraction of sp³-hybridized carbons (Fsp3) is 0.333. The summed E-state index contributed by atoms with van der Waals surface area (Å²) in [4.78, 5) is 1.09. The number of thiophene rings is 1. The van der Waals surface area contributed by atoms with Crippen LogP contribution in [0.25, 0.3) is 10.6 Å². The highest BCUT2D eigenvalue weighted by molar-refractivity contribution is 7.19. The van der Waals surface area contributed by atoms with E-state index in [0.29, 0.717) is 6.04 Å². The normalized spacial score (nSPS) is 15.6. The number of hydrogen-bond donors (Lipinski definition) is 1. The minimum absolute atomic E-state index is 0.713. The maximum absolute atomic E-state index is 5.89. The van der Waals surface area contributed by atoms with E-state index in [1.807, 2.05) is 24.3 Å². The zero-order chi connectivity index (χ0) is 11.0. The van der Waals surface area contributed by atoms with E-state index in [1.54, 1.807) is 11.3 Å². The van der Waals surface area contributed by atoms with E-state index < -0.39 is 0 Å². The molecule has 3 rings (SSSR count). The van der Waals surface area contributed by atoms with Crippen LogP contribution in [0.15, 0.2) is 28.7 Å². The summed E-state index contributed by atoms with van der Waals surface area (Å²) in [7, 11) is 0. The lowest BCUT2D eigenvalue weighted by molar-refractivity contribution is 0.493. The Bertz CT molecular complexity index is 487. The van der Waals surface area contributed by atoms with E-state index in [0.717, 1.165) is 27.3 Å². The largest absolute Gasteiger partial charge is 0.459 e. The summed E-state index contributed by atoms with van der Waals surface area (Å²) in [5.74, 6) is 1.90. The van der Waals surface area contributed by atoms with Crippen LogP contribution in [0.5, 0.6) is 0 Å². The van der Waals surface area contributed by atoms with Crippen LogP contribution < -0.4 is 5.32 Å². The number of rotatable bonds is 4. The fourth-order valence-corrected chi connectivity index (χ4v) is 2.59. The average Bonchev–Trinajstić information content (AvgIpc) is 2.81. The fourth-order valence-electron chi connectivity index (χ4n) is 1.58. The summed E-state index contributed by atoms with van der Waals surface area (Å²) in [5, 5.41) is 3.43. The van der Waals surface area contributed by atoms with Gasteiger partial charge >= 0.3 is 0 Å². The Morgan fingerprint density at radius 2 is 2.19 bits per heavy atom. The lowest BCUT2D eigenvalue weighted by atomic mass is 10.3. The molecule has 1 aliphatic rings. The lowest BCUT2D eigenvalue weighted by Crippen LogP contribution is -2.14. The molecule has 2 aromatic rings. The molecule has 0 saturated heterocycles. The minimum atomic E-state index is 0.713. The highest BCUT2D eigenvalue weighted by Crippen LogP contribution is 2.32. The molecule has 0 radical (unpaired) electrons. The summed E-state index contributed by atoms with van der Waals surface area (Å²) in [6.07, 6.45) is 2.60. The Labute approximate surface area is 103 Å². The molecular formula is C12H12ClNOS. The van der Waals surface area contributed by atoms with Crippen LogP contribution in [-0.2, 0) is 6.54 Å². The summed E-state index contributed by atoms with van der Waals surface area (Å²) in [5.41, 5.74) is 0. The van der Waals surface area contributed by atoms with Gasteiger partial charge in [-0.05, 0) is 37.1 Å². The Morgan fingerprint density at radius 3 is 2.88 bits per heavy atom. The van der Waals surface area contributed by atoms with Gasteiger partial charge in [-0.2, -0.15) is 0 Å². The summed E-state index contributed by atoms with van der Waals surface area (Å²) in [6, 6.07) is 8.63. The number of nitrogens with one attached hydrogen (secondary N) is 1. The van der Waals surface area contributed by atoms with E-state index in [9.17, 15) is 0 Å². The van der Waals surface area contributed by atoms with Crippen molar-refractivity contribution in [2.45, 2.75) is 25.4 Å². The monoisotopic (exact) mass is 253 g/mol. The van der Waals surface area contributed by atoms with Gasteiger partial charge in [-0.25, -0.2) is 0 Å². The van der Waals surface area contributed by atoms with E-state index in [1.165, 1.54) is 12.8 Å². The van der Waals surface area contributed by atoms with Gasteiger partial charge in [0, 0.05) is 6.04 Å². The quantitative estimate of drug-likeness (QED) is 0.894. The molecule has 16 heavy (non-hydrogen) atoms. The van der Waals surface area contributed by atoms with Gasteiger partial charge in [0.15, 0.2) is 0 Å². The Balaban J connectivity index is 1.71. The van der Waals surface area contributed by atoms with Crippen molar-refractivity contribution in [3.05, 3.63) is 34.4 Å². The smallest absolute Gasteiger partial charge is 0.144 e. The number of furan rings is 1. The molecule has 84 valence electrons. The van der Waals surface area contributed by atoms with Gasteiger partial charge < -0.3 is 9.73 Å². The van der Waals surface area contributed by atoms with Crippen molar-refractivity contribution in [2.24, 2.45) is 0 Å². The van der Waals surface area contributed by atoms with Crippen LogP contribution in [0.4, 0.5) is 0 Å². The van der Waals surface area contributed by atoms with Crippen molar-refractivity contribution in [2.75, 3.05) is 0 Å². The summed E-state index contributed by atoms with van der Waals surface area (Å²) in [6.45, 7) is 0.823. The predicted octanol–water partition coefficient (Wildman–Crippen LogP) is 3.91. The second-order valence-electron chi connectivity index (χ2n) is 4.02. The molecule has 1 N–H and O–H groups in total. The third kappa shape index (κ3) is 2.32. The second-order valence-corrected chi connectivity index (χ2v) is 5.74. The maximum atomic E-state index is 5.89. The van der Waals surface area contributed by atoms with Gasteiger partial charge in [0.2, 0.25) is 0 Å². The molecule has 1 aliphatic carbocycles. The molecule has 0 aliphatic heterocycles. The van der Waals surface area contributed by atoms with Crippen LogP contribution in [0.2, 0.25) is 4.34 Å². The predicted molar refractivity (Wildman–Crippen MR) is 66.9 cm³/mol. The minimum Gasteiger partial charge on any atom is -0.459 e. The standard InChI is InChI=1S/C12H12ClNOS/c13-12-6-5-11(16-12)10-4-3-9(15-10)7-14-8-1-2-8/h3-6,8,14H,1-2,7H2. The molecule has 0 aromatic carbocycles.